The number of aromatic nitrogens is 2. The molecule has 0 bridgehead atoms. The lowest BCUT2D eigenvalue weighted by Crippen LogP contribution is -2.37. The molecule has 2 amide bonds. The van der Waals surface area contributed by atoms with Crippen molar-refractivity contribution in [3.05, 3.63) is 59.7 Å². The minimum absolute atomic E-state index is 0.0479. The topological polar surface area (TPSA) is 75.2 Å². The minimum Gasteiger partial charge on any atom is -0.356 e. The first-order valence-electron chi connectivity index (χ1n) is 9.84. The van der Waals surface area contributed by atoms with Crippen molar-refractivity contribution in [3.8, 4) is 0 Å². The van der Waals surface area contributed by atoms with Crippen molar-refractivity contribution in [2.24, 2.45) is 5.92 Å². The van der Waals surface area contributed by atoms with Gasteiger partial charge in [-0.1, -0.05) is 44.2 Å². The van der Waals surface area contributed by atoms with Crippen molar-refractivity contribution in [1.29, 1.82) is 0 Å². The summed E-state index contributed by atoms with van der Waals surface area (Å²) < 4.78 is 0. The van der Waals surface area contributed by atoms with Gasteiger partial charge in [-0.3, -0.25) is 14.6 Å². The van der Waals surface area contributed by atoms with E-state index in [0.717, 1.165) is 18.5 Å². The van der Waals surface area contributed by atoms with Crippen LogP contribution in [0, 0.1) is 12.8 Å². The molecule has 0 unspecified atom stereocenters. The third-order valence-corrected chi connectivity index (χ3v) is 4.45. The highest BCUT2D eigenvalue weighted by Crippen LogP contribution is 2.08. The molecule has 150 valence electrons. The van der Waals surface area contributed by atoms with Gasteiger partial charge in [-0.05, 0) is 31.2 Å². The highest BCUT2D eigenvalue weighted by atomic mass is 16.2. The number of benzene rings is 1. The SMILES string of the molecule is Cc1cnc(C(=O)N(CCC(=O)NCCc2ccccc2)CCC(C)C)cn1. The Balaban J connectivity index is 1.85. The van der Waals surface area contributed by atoms with E-state index in [1.807, 2.05) is 37.3 Å². The summed E-state index contributed by atoms with van der Waals surface area (Å²) in [6.45, 7) is 7.63. The Labute approximate surface area is 167 Å². The number of carbonyl (C=O) groups excluding carboxylic acids is 2. The van der Waals surface area contributed by atoms with Crippen LogP contribution in [0.2, 0.25) is 0 Å². The zero-order valence-corrected chi connectivity index (χ0v) is 17.0. The largest absolute Gasteiger partial charge is 0.356 e. The summed E-state index contributed by atoms with van der Waals surface area (Å²) >= 11 is 0. The van der Waals surface area contributed by atoms with Gasteiger partial charge in [-0.25, -0.2) is 4.98 Å². The third-order valence-electron chi connectivity index (χ3n) is 4.45. The lowest BCUT2D eigenvalue weighted by atomic mass is 10.1. The van der Waals surface area contributed by atoms with E-state index in [1.54, 1.807) is 11.1 Å². The van der Waals surface area contributed by atoms with Gasteiger partial charge >= 0.3 is 0 Å². The molecule has 2 aromatic rings. The van der Waals surface area contributed by atoms with E-state index < -0.39 is 0 Å². The molecule has 1 aromatic carbocycles. The second-order valence-electron chi connectivity index (χ2n) is 7.35. The van der Waals surface area contributed by atoms with Gasteiger partial charge in [0.15, 0.2) is 0 Å². The van der Waals surface area contributed by atoms with Crippen LogP contribution < -0.4 is 5.32 Å². The molecule has 1 heterocycles. The zero-order chi connectivity index (χ0) is 20.4. The lowest BCUT2D eigenvalue weighted by Gasteiger charge is -2.23. The molecule has 1 N–H and O–H groups in total. The van der Waals surface area contributed by atoms with E-state index in [9.17, 15) is 9.59 Å². The van der Waals surface area contributed by atoms with Crippen LogP contribution in [0.1, 0.15) is 48.4 Å². The first kappa shape index (κ1) is 21.5. The van der Waals surface area contributed by atoms with Crippen molar-refractivity contribution in [1.82, 2.24) is 20.2 Å². The number of nitrogens with zero attached hydrogens (tertiary/aromatic N) is 3. The number of rotatable bonds is 10. The maximum absolute atomic E-state index is 12.8. The van der Waals surface area contributed by atoms with Crippen molar-refractivity contribution < 1.29 is 9.59 Å². The summed E-state index contributed by atoms with van der Waals surface area (Å²) in [7, 11) is 0. The molecule has 0 aliphatic carbocycles. The number of nitrogens with one attached hydrogen (secondary N) is 1. The molecule has 28 heavy (non-hydrogen) atoms. The summed E-state index contributed by atoms with van der Waals surface area (Å²) in [6, 6.07) is 10.0. The van der Waals surface area contributed by atoms with Crippen LogP contribution in [0.4, 0.5) is 0 Å². The molecule has 0 aliphatic heterocycles. The van der Waals surface area contributed by atoms with Crippen molar-refractivity contribution in [2.75, 3.05) is 19.6 Å². The first-order valence-corrected chi connectivity index (χ1v) is 9.84. The fourth-order valence-corrected chi connectivity index (χ4v) is 2.71. The molecule has 0 atom stereocenters. The van der Waals surface area contributed by atoms with E-state index in [-0.39, 0.29) is 18.2 Å². The fourth-order valence-electron chi connectivity index (χ4n) is 2.71. The second kappa shape index (κ2) is 11.2. The fraction of sp³-hybridized carbons (Fsp3) is 0.455. The summed E-state index contributed by atoms with van der Waals surface area (Å²) in [6.07, 6.45) is 5.03. The van der Waals surface area contributed by atoms with Crippen molar-refractivity contribution >= 4 is 11.8 Å². The number of amides is 2. The quantitative estimate of drug-likeness (QED) is 0.685. The Bertz CT molecular complexity index is 745. The van der Waals surface area contributed by atoms with Gasteiger partial charge in [0.1, 0.15) is 5.69 Å². The summed E-state index contributed by atoms with van der Waals surface area (Å²) in [5, 5.41) is 2.93. The Kier molecular flexibility index (Phi) is 8.59. The van der Waals surface area contributed by atoms with E-state index in [2.05, 4.69) is 29.1 Å². The zero-order valence-electron chi connectivity index (χ0n) is 17.0. The minimum atomic E-state index is -0.176. The van der Waals surface area contributed by atoms with Crippen LogP contribution in [0.5, 0.6) is 0 Å². The maximum Gasteiger partial charge on any atom is 0.274 e. The predicted octanol–water partition coefficient (Wildman–Crippen LogP) is 3.02. The Morgan fingerprint density at radius 2 is 1.82 bits per heavy atom. The van der Waals surface area contributed by atoms with Crippen molar-refractivity contribution in [3.63, 3.8) is 0 Å². The van der Waals surface area contributed by atoms with Crippen LogP contribution in [0.15, 0.2) is 42.7 Å². The molecule has 1 aromatic heterocycles. The van der Waals surface area contributed by atoms with Crippen LogP contribution in [-0.4, -0.2) is 46.3 Å². The van der Waals surface area contributed by atoms with Crippen LogP contribution in [-0.2, 0) is 11.2 Å². The third kappa shape index (κ3) is 7.47. The predicted molar refractivity (Wildman–Crippen MR) is 110 cm³/mol. The normalized spacial score (nSPS) is 10.7. The van der Waals surface area contributed by atoms with Gasteiger partial charge in [-0.15, -0.1) is 0 Å². The van der Waals surface area contributed by atoms with Crippen LogP contribution in [0.3, 0.4) is 0 Å². The molecular formula is C22H30N4O2. The van der Waals surface area contributed by atoms with Gasteiger partial charge < -0.3 is 10.2 Å². The number of hydrogen-bond donors (Lipinski definition) is 1. The standard InChI is InChI=1S/C22H30N4O2/c1-17(2)10-13-26(22(28)20-16-24-18(3)15-25-20)14-11-21(27)23-12-9-19-7-5-4-6-8-19/h4-8,15-17H,9-14H2,1-3H3,(H,23,27). The summed E-state index contributed by atoms with van der Waals surface area (Å²) in [5.74, 6) is 0.248. The molecule has 2 rings (SSSR count). The van der Waals surface area contributed by atoms with E-state index >= 15 is 0 Å². The van der Waals surface area contributed by atoms with Gasteiger partial charge in [0.25, 0.3) is 5.91 Å². The molecule has 6 nitrogen and oxygen atoms in total. The molecule has 0 aliphatic rings. The van der Waals surface area contributed by atoms with Crippen LogP contribution >= 0.6 is 0 Å². The first-order chi connectivity index (χ1) is 13.5. The molecule has 0 saturated carbocycles. The summed E-state index contributed by atoms with van der Waals surface area (Å²) in [5.41, 5.74) is 2.27. The van der Waals surface area contributed by atoms with E-state index in [1.165, 1.54) is 11.8 Å². The average Bonchev–Trinajstić information content (AvgIpc) is 2.69. The van der Waals surface area contributed by atoms with Crippen molar-refractivity contribution in [2.45, 2.75) is 40.0 Å². The highest BCUT2D eigenvalue weighted by molar-refractivity contribution is 5.92. The highest BCUT2D eigenvalue weighted by Gasteiger charge is 2.18. The van der Waals surface area contributed by atoms with Gasteiger partial charge in [-0.2, -0.15) is 0 Å². The molecule has 6 heteroatoms. The number of hydrogen-bond acceptors (Lipinski definition) is 4. The van der Waals surface area contributed by atoms with Crippen LogP contribution in [0.25, 0.3) is 0 Å². The monoisotopic (exact) mass is 382 g/mol. The second-order valence-corrected chi connectivity index (χ2v) is 7.35. The van der Waals surface area contributed by atoms with Gasteiger partial charge in [0.2, 0.25) is 5.91 Å². The Morgan fingerprint density at radius 1 is 1.07 bits per heavy atom. The smallest absolute Gasteiger partial charge is 0.274 e. The maximum atomic E-state index is 12.8. The lowest BCUT2D eigenvalue weighted by molar-refractivity contribution is -0.121. The summed E-state index contributed by atoms with van der Waals surface area (Å²) in [4.78, 5) is 35.0. The Hall–Kier alpha value is -2.76. The van der Waals surface area contributed by atoms with E-state index in [0.29, 0.717) is 31.2 Å². The number of aryl methyl sites for hydroxylation is 1. The molecular weight excluding hydrogens is 352 g/mol. The van der Waals surface area contributed by atoms with Gasteiger partial charge in [0.05, 0.1) is 11.9 Å². The average molecular weight is 383 g/mol. The molecule has 0 fully saturated rings. The molecule has 0 radical (unpaired) electrons. The number of carbonyl (C=O) groups is 2. The van der Waals surface area contributed by atoms with E-state index in [4.69, 9.17) is 0 Å². The Morgan fingerprint density at radius 3 is 2.46 bits per heavy atom. The molecule has 0 spiro atoms. The van der Waals surface area contributed by atoms with Gasteiger partial charge in [0, 0.05) is 32.3 Å². The molecule has 0 saturated heterocycles.